The van der Waals surface area contributed by atoms with Crippen LogP contribution in [0.15, 0.2) is 24.3 Å². The summed E-state index contributed by atoms with van der Waals surface area (Å²) in [5.74, 6) is 0.563. The van der Waals surface area contributed by atoms with E-state index in [1.807, 2.05) is 13.0 Å². The summed E-state index contributed by atoms with van der Waals surface area (Å²) in [7, 11) is 0. The van der Waals surface area contributed by atoms with E-state index >= 15 is 0 Å². The molecule has 0 atom stereocenters. The molecule has 0 unspecified atom stereocenters. The lowest BCUT2D eigenvalue weighted by molar-refractivity contribution is -0.115. The lowest BCUT2D eigenvalue weighted by Gasteiger charge is -2.05. The molecule has 4 heteroatoms. The van der Waals surface area contributed by atoms with Gasteiger partial charge in [0.05, 0.1) is 6.42 Å². The first-order valence-electron chi connectivity index (χ1n) is 6.63. The third-order valence-electron chi connectivity index (χ3n) is 3.50. The molecule has 0 fully saturated rings. The average molecular weight is 255 g/mol. The first kappa shape index (κ1) is 12.0. The van der Waals surface area contributed by atoms with Gasteiger partial charge >= 0.3 is 0 Å². The highest BCUT2D eigenvalue weighted by atomic mass is 16.1. The van der Waals surface area contributed by atoms with Gasteiger partial charge in [-0.1, -0.05) is 18.2 Å². The van der Waals surface area contributed by atoms with E-state index in [0.717, 1.165) is 17.7 Å². The fourth-order valence-corrected chi connectivity index (χ4v) is 2.59. The second kappa shape index (κ2) is 4.88. The smallest absolute Gasteiger partial charge is 0.229 e. The Morgan fingerprint density at radius 2 is 2.16 bits per heavy atom. The number of aromatic amines is 1. The van der Waals surface area contributed by atoms with Crippen molar-refractivity contribution in [1.29, 1.82) is 0 Å². The predicted octanol–water partition coefficient (Wildman–Crippen LogP) is 2.39. The summed E-state index contributed by atoms with van der Waals surface area (Å²) in [6, 6.07) is 8.20. The summed E-state index contributed by atoms with van der Waals surface area (Å²) in [6.45, 7) is 1.91. The van der Waals surface area contributed by atoms with Gasteiger partial charge in [-0.2, -0.15) is 5.10 Å². The van der Waals surface area contributed by atoms with Crippen molar-refractivity contribution < 1.29 is 4.79 Å². The second-order valence-electron chi connectivity index (χ2n) is 5.12. The van der Waals surface area contributed by atoms with Crippen LogP contribution in [0.2, 0.25) is 0 Å². The van der Waals surface area contributed by atoms with Gasteiger partial charge in [0.1, 0.15) is 0 Å². The zero-order valence-corrected chi connectivity index (χ0v) is 11.0. The van der Waals surface area contributed by atoms with E-state index in [1.165, 1.54) is 24.0 Å². The van der Waals surface area contributed by atoms with Gasteiger partial charge in [0.25, 0.3) is 0 Å². The Morgan fingerprint density at radius 3 is 2.95 bits per heavy atom. The van der Waals surface area contributed by atoms with E-state index < -0.39 is 0 Å². The molecule has 0 saturated carbocycles. The van der Waals surface area contributed by atoms with Crippen LogP contribution in [-0.2, 0) is 24.1 Å². The molecule has 1 amide bonds. The van der Waals surface area contributed by atoms with E-state index in [9.17, 15) is 4.79 Å². The summed E-state index contributed by atoms with van der Waals surface area (Å²) in [6.07, 6.45) is 3.95. The molecule has 0 saturated heterocycles. The predicted molar refractivity (Wildman–Crippen MR) is 74.1 cm³/mol. The van der Waals surface area contributed by atoms with Crippen molar-refractivity contribution in [3.05, 3.63) is 46.6 Å². The molecule has 0 aliphatic heterocycles. The van der Waals surface area contributed by atoms with Crippen molar-refractivity contribution >= 4 is 11.7 Å². The molecular formula is C15H17N3O. The molecule has 3 rings (SSSR count). The van der Waals surface area contributed by atoms with Crippen LogP contribution in [0.4, 0.5) is 5.82 Å². The van der Waals surface area contributed by atoms with E-state index in [2.05, 4.69) is 33.7 Å². The Kier molecular flexibility index (Phi) is 3.07. The molecule has 1 heterocycles. The minimum atomic E-state index is -0.0237. The number of carbonyl (C=O) groups is 1. The summed E-state index contributed by atoms with van der Waals surface area (Å²) in [5, 5.41) is 9.60. The average Bonchev–Trinajstić information content (AvgIpc) is 2.97. The van der Waals surface area contributed by atoms with Gasteiger partial charge in [-0.3, -0.25) is 9.89 Å². The largest absolute Gasteiger partial charge is 0.309 e. The zero-order chi connectivity index (χ0) is 13.2. The summed E-state index contributed by atoms with van der Waals surface area (Å²) >= 11 is 0. The van der Waals surface area contributed by atoms with Crippen LogP contribution >= 0.6 is 0 Å². The maximum Gasteiger partial charge on any atom is 0.229 e. The lowest BCUT2D eigenvalue weighted by Crippen LogP contribution is -2.14. The highest BCUT2D eigenvalue weighted by molar-refractivity contribution is 5.91. The minimum Gasteiger partial charge on any atom is -0.309 e. The topological polar surface area (TPSA) is 57.8 Å². The van der Waals surface area contributed by atoms with Crippen LogP contribution in [0.3, 0.4) is 0 Å². The van der Waals surface area contributed by atoms with Gasteiger partial charge in [-0.25, -0.2) is 0 Å². The number of hydrogen-bond donors (Lipinski definition) is 2. The number of benzene rings is 1. The molecule has 0 bridgehead atoms. The van der Waals surface area contributed by atoms with Crippen LogP contribution < -0.4 is 5.32 Å². The minimum absolute atomic E-state index is 0.0237. The van der Waals surface area contributed by atoms with Crippen LogP contribution in [0.5, 0.6) is 0 Å². The summed E-state index contributed by atoms with van der Waals surface area (Å²) in [5.41, 5.74) is 4.85. The molecule has 2 N–H and O–H groups in total. The van der Waals surface area contributed by atoms with Gasteiger partial charge in [-0.05, 0) is 42.9 Å². The summed E-state index contributed by atoms with van der Waals surface area (Å²) in [4.78, 5) is 11.9. The quantitative estimate of drug-likeness (QED) is 0.884. The van der Waals surface area contributed by atoms with E-state index in [0.29, 0.717) is 12.2 Å². The molecule has 1 aromatic carbocycles. The Balaban J connectivity index is 1.66. The first-order valence-corrected chi connectivity index (χ1v) is 6.63. The molecule has 2 aromatic rings. The van der Waals surface area contributed by atoms with Gasteiger partial charge in [0.15, 0.2) is 5.82 Å². The fourth-order valence-electron chi connectivity index (χ4n) is 2.59. The first-order chi connectivity index (χ1) is 9.20. The molecule has 1 aromatic heterocycles. The van der Waals surface area contributed by atoms with Crippen LogP contribution in [-0.4, -0.2) is 16.1 Å². The molecule has 0 spiro atoms. The van der Waals surface area contributed by atoms with Gasteiger partial charge < -0.3 is 5.32 Å². The molecule has 1 aliphatic rings. The van der Waals surface area contributed by atoms with Crippen LogP contribution in [0.25, 0.3) is 0 Å². The van der Waals surface area contributed by atoms with Gasteiger partial charge in [-0.15, -0.1) is 0 Å². The molecule has 19 heavy (non-hydrogen) atoms. The summed E-state index contributed by atoms with van der Waals surface area (Å²) < 4.78 is 0. The number of nitrogens with one attached hydrogen (secondary N) is 2. The molecule has 4 nitrogen and oxygen atoms in total. The number of anilines is 1. The normalized spacial score (nSPS) is 13.3. The highest BCUT2D eigenvalue weighted by Crippen LogP contribution is 2.23. The number of nitrogens with zero attached hydrogens (tertiary/aromatic N) is 1. The fraction of sp³-hybridized carbons (Fsp3) is 0.333. The Morgan fingerprint density at radius 1 is 1.32 bits per heavy atom. The van der Waals surface area contributed by atoms with E-state index in [4.69, 9.17) is 0 Å². The molecule has 98 valence electrons. The van der Waals surface area contributed by atoms with Crippen molar-refractivity contribution in [2.45, 2.75) is 32.6 Å². The number of hydrogen-bond acceptors (Lipinski definition) is 2. The maximum atomic E-state index is 11.9. The SMILES string of the molecule is Cc1cc(NC(=O)Cc2ccc3c(c2)CCC3)n[nH]1. The highest BCUT2D eigenvalue weighted by Gasteiger charge is 2.12. The van der Waals surface area contributed by atoms with Gasteiger partial charge in [0.2, 0.25) is 5.91 Å². The van der Waals surface area contributed by atoms with Gasteiger partial charge in [0, 0.05) is 11.8 Å². The van der Waals surface area contributed by atoms with Crippen molar-refractivity contribution in [3.8, 4) is 0 Å². The number of amides is 1. The van der Waals surface area contributed by atoms with Crippen LogP contribution in [0, 0.1) is 6.92 Å². The van der Waals surface area contributed by atoms with Crippen molar-refractivity contribution in [2.24, 2.45) is 0 Å². The maximum absolute atomic E-state index is 11.9. The number of carbonyl (C=O) groups excluding carboxylic acids is 1. The third-order valence-corrected chi connectivity index (χ3v) is 3.50. The third kappa shape index (κ3) is 2.67. The number of aryl methyl sites for hydroxylation is 3. The van der Waals surface area contributed by atoms with Crippen LogP contribution in [0.1, 0.15) is 28.8 Å². The van der Waals surface area contributed by atoms with E-state index in [-0.39, 0.29) is 5.91 Å². The zero-order valence-electron chi connectivity index (χ0n) is 11.0. The number of rotatable bonds is 3. The number of H-pyrrole nitrogens is 1. The Labute approximate surface area is 112 Å². The molecular weight excluding hydrogens is 238 g/mol. The standard InChI is InChI=1S/C15H17N3O/c1-10-7-14(18-17-10)16-15(19)9-11-5-6-12-3-2-4-13(12)8-11/h5-8H,2-4,9H2,1H3,(H2,16,17,18,19). The Bertz CT molecular complexity index is 616. The number of fused-ring (bicyclic) bond motifs is 1. The molecule has 1 aliphatic carbocycles. The monoisotopic (exact) mass is 255 g/mol. The number of aromatic nitrogens is 2. The molecule has 0 radical (unpaired) electrons. The second-order valence-corrected chi connectivity index (χ2v) is 5.12. The Hall–Kier alpha value is -2.10. The van der Waals surface area contributed by atoms with Crippen molar-refractivity contribution in [1.82, 2.24) is 10.2 Å². The van der Waals surface area contributed by atoms with Crippen molar-refractivity contribution in [3.63, 3.8) is 0 Å². The van der Waals surface area contributed by atoms with E-state index in [1.54, 1.807) is 0 Å². The lowest BCUT2D eigenvalue weighted by atomic mass is 10.0. The van der Waals surface area contributed by atoms with Crippen molar-refractivity contribution in [2.75, 3.05) is 5.32 Å².